The summed E-state index contributed by atoms with van der Waals surface area (Å²) in [5.41, 5.74) is 0. The minimum absolute atomic E-state index is 0.0111. The van der Waals surface area contributed by atoms with E-state index in [1.807, 2.05) is 0 Å². The smallest absolute Gasteiger partial charge is 0.305 e. The monoisotopic (exact) mass is 988 g/mol. The molecule has 70 heavy (non-hydrogen) atoms. The fourth-order valence-corrected chi connectivity index (χ4v) is 10.2. The first-order valence-corrected chi connectivity index (χ1v) is 31.9. The highest BCUT2D eigenvalue weighted by atomic mass is 16.5. The van der Waals surface area contributed by atoms with Crippen LogP contribution in [0.2, 0.25) is 0 Å². The van der Waals surface area contributed by atoms with Crippen molar-refractivity contribution in [2.75, 3.05) is 13.2 Å². The van der Waals surface area contributed by atoms with Crippen LogP contribution < -0.4 is 5.32 Å². The minimum atomic E-state index is -0.669. The molecule has 0 aromatic carbocycles. The van der Waals surface area contributed by atoms with E-state index in [9.17, 15) is 19.8 Å². The van der Waals surface area contributed by atoms with Gasteiger partial charge in [-0.1, -0.05) is 309 Å². The van der Waals surface area contributed by atoms with Gasteiger partial charge in [0.1, 0.15) is 0 Å². The molecule has 0 aliphatic rings. The van der Waals surface area contributed by atoms with E-state index >= 15 is 0 Å². The molecule has 0 aliphatic carbocycles. The van der Waals surface area contributed by atoms with Crippen molar-refractivity contribution >= 4 is 11.9 Å². The van der Waals surface area contributed by atoms with Crippen LogP contribution in [-0.4, -0.2) is 47.4 Å². The van der Waals surface area contributed by atoms with Crippen LogP contribution in [0.15, 0.2) is 12.2 Å². The fourth-order valence-electron chi connectivity index (χ4n) is 10.2. The van der Waals surface area contributed by atoms with E-state index in [0.717, 1.165) is 38.5 Å². The van der Waals surface area contributed by atoms with Gasteiger partial charge in [-0.05, 0) is 51.4 Å². The Bertz CT molecular complexity index is 1050. The Morgan fingerprint density at radius 2 is 0.671 bits per heavy atom. The molecule has 0 spiro atoms. The zero-order chi connectivity index (χ0) is 50.7. The number of carbonyl (C=O) groups is 2. The van der Waals surface area contributed by atoms with Gasteiger partial charge >= 0.3 is 5.97 Å². The van der Waals surface area contributed by atoms with E-state index in [1.54, 1.807) is 0 Å². The molecule has 0 aromatic heterocycles. The third kappa shape index (κ3) is 55.9. The number of allylic oxidation sites excluding steroid dienone is 2. The Morgan fingerprint density at radius 1 is 0.386 bits per heavy atom. The molecule has 2 unspecified atom stereocenters. The van der Waals surface area contributed by atoms with Crippen molar-refractivity contribution in [3.63, 3.8) is 0 Å². The molecule has 1 amide bonds. The Morgan fingerprint density at radius 3 is 1.01 bits per heavy atom. The van der Waals surface area contributed by atoms with Gasteiger partial charge in [0, 0.05) is 12.8 Å². The molecule has 0 aliphatic heterocycles. The highest BCUT2D eigenvalue weighted by Crippen LogP contribution is 2.18. The number of hydrogen-bond donors (Lipinski definition) is 3. The molecule has 0 rings (SSSR count). The summed E-state index contributed by atoms with van der Waals surface area (Å²) in [5.74, 6) is -0.0296. The van der Waals surface area contributed by atoms with E-state index in [4.69, 9.17) is 4.74 Å². The SMILES string of the molecule is CCCCCCCCCCCCCCCCCCCC(=O)OCCCCCCCCCCC/C=C\CCCCCCCCCC(=O)NC(CO)C(O)CCCCCCCCCCCCCCCCCC. The Labute approximate surface area is 438 Å². The summed E-state index contributed by atoms with van der Waals surface area (Å²) < 4.78 is 5.49. The van der Waals surface area contributed by atoms with Crippen LogP contribution in [0.1, 0.15) is 361 Å². The number of carbonyl (C=O) groups excluding carboxylic acids is 2. The molecule has 0 fully saturated rings. The fraction of sp³-hybridized carbons (Fsp3) is 0.938. The lowest BCUT2D eigenvalue weighted by molar-refractivity contribution is -0.143. The number of nitrogens with one attached hydrogen (secondary N) is 1. The largest absolute Gasteiger partial charge is 0.466 e. The number of aliphatic hydroxyl groups is 2. The molecule has 416 valence electrons. The molecule has 0 heterocycles. The topological polar surface area (TPSA) is 95.9 Å². The van der Waals surface area contributed by atoms with Gasteiger partial charge in [0.2, 0.25) is 5.91 Å². The Kier molecular flexibility index (Phi) is 59.0. The number of aliphatic hydroxyl groups excluding tert-OH is 2. The van der Waals surface area contributed by atoms with Gasteiger partial charge in [0.05, 0.1) is 25.4 Å². The molecular weight excluding hydrogens is 863 g/mol. The molecule has 0 bridgehead atoms. The lowest BCUT2D eigenvalue weighted by atomic mass is 10.0. The summed E-state index contributed by atoms with van der Waals surface area (Å²) in [5, 5.41) is 23.3. The average Bonchev–Trinajstić information content (AvgIpc) is 3.36. The van der Waals surface area contributed by atoms with Crippen LogP contribution in [-0.2, 0) is 14.3 Å². The summed E-state index contributed by atoms with van der Waals surface area (Å²) in [6.45, 7) is 4.98. The maximum absolute atomic E-state index is 12.5. The average molecular weight is 989 g/mol. The van der Waals surface area contributed by atoms with E-state index in [2.05, 4.69) is 31.3 Å². The Balaban J connectivity index is 3.40. The minimum Gasteiger partial charge on any atom is -0.466 e. The van der Waals surface area contributed by atoms with Crippen LogP contribution in [0.3, 0.4) is 0 Å². The van der Waals surface area contributed by atoms with Gasteiger partial charge in [-0.15, -0.1) is 0 Å². The number of hydrogen-bond acceptors (Lipinski definition) is 5. The van der Waals surface area contributed by atoms with Gasteiger partial charge in [0.25, 0.3) is 0 Å². The van der Waals surface area contributed by atoms with Crippen LogP contribution in [0.4, 0.5) is 0 Å². The second-order valence-corrected chi connectivity index (χ2v) is 22.1. The summed E-state index contributed by atoms with van der Waals surface area (Å²) >= 11 is 0. The molecular formula is C64H125NO5. The first-order valence-electron chi connectivity index (χ1n) is 31.9. The zero-order valence-corrected chi connectivity index (χ0v) is 47.5. The third-order valence-electron chi connectivity index (χ3n) is 15.1. The van der Waals surface area contributed by atoms with Gasteiger partial charge in [-0.3, -0.25) is 9.59 Å². The Hall–Kier alpha value is -1.40. The molecule has 3 N–H and O–H groups in total. The predicted octanol–water partition coefficient (Wildman–Crippen LogP) is 20.0. The lowest BCUT2D eigenvalue weighted by Crippen LogP contribution is -2.45. The lowest BCUT2D eigenvalue weighted by Gasteiger charge is -2.22. The number of rotatable bonds is 60. The molecule has 0 radical (unpaired) electrons. The highest BCUT2D eigenvalue weighted by molar-refractivity contribution is 5.76. The molecule has 0 aromatic rings. The van der Waals surface area contributed by atoms with Gasteiger partial charge in [-0.25, -0.2) is 0 Å². The van der Waals surface area contributed by atoms with Crippen molar-refractivity contribution in [3.8, 4) is 0 Å². The normalized spacial score (nSPS) is 12.6. The first kappa shape index (κ1) is 68.6. The van der Waals surface area contributed by atoms with Crippen molar-refractivity contribution in [1.82, 2.24) is 5.32 Å². The van der Waals surface area contributed by atoms with E-state index < -0.39 is 12.1 Å². The maximum Gasteiger partial charge on any atom is 0.305 e. The van der Waals surface area contributed by atoms with Crippen molar-refractivity contribution in [2.45, 2.75) is 373 Å². The van der Waals surface area contributed by atoms with Crippen molar-refractivity contribution in [2.24, 2.45) is 0 Å². The van der Waals surface area contributed by atoms with Crippen LogP contribution >= 0.6 is 0 Å². The van der Waals surface area contributed by atoms with Gasteiger partial charge < -0.3 is 20.3 Å². The standard InChI is InChI=1S/C64H125NO5/c1-3-5-7-9-11-13-15-17-19-25-30-34-38-42-46-50-54-58-64(69)70-59-55-51-47-43-39-35-31-27-24-22-21-23-26-29-33-37-41-45-49-53-57-63(68)65-61(60-66)62(67)56-52-48-44-40-36-32-28-20-18-16-14-12-10-8-6-4-2/h21,23,61-62,66-67H,3-20,22,24-60H2,1-2H3,(H,65,68)/b23-21-. The second kappa shape index (κ2) is 60.2. The molecule has 6 heteroatoms. The van der Waals surface area contributed by atoms with E-state index in [0.29, 0.717) is 25.9 Å². The third-order valence-corrected chi connectivity index (χ3v) is 15.1. The van der Waals surface area contributed by atoms with E-state index in [1.165, 1.54) is 289 Å². The van der Waals surface area contributed by atoms with E-state index in [-0.39, 0.29) is 18.5 Å². The summed E-state index contributed by atoms with van der Waals surface area (Å²) in [6, 6.07) is -0.547. The summed E-state index contributed by atoms with van der Waals surface area (Å²) in [7, 11) is 0. The molecule has 0 saturated heterocycles. The molecule has 2 atom stereocenters. The predicted molar refractivity (Wildman–Crippen MR) is 306 cm³/mol. The molecule has 6 nitrogen and oxygen atoms in total. The summed E-state index contributed by atoms with van der Waals surface area (Å²) in [4.78, 5) is 24.6. The second-order valence-electron chi connectivity index (χ2n) is 22.1. The highest BCUT2D eigenvalue weighted by Gasteiger charge is 2.20. The number of amides is 1. The van der Waals surface area contributed by atoms with Gasteiger partial charge in [0.15, 0.2) is 0 Å². The van der Waals surface area contributed by atoms with Crippen molar-refractivity contribution in [3.05, 3.63) is 12.2 Å². The number of unbranched alkanes of at least 4 members (excludes halogenated alkanes) is 47. The number of ether oxygens (including phenoxy) is 1. The number of esters is 1. The quantitative estimate of drug-likeness (QED) is 0.0321. The zero-order valence-electron chi connectivity index (χ0n) is 47.5. The summed E-state index contributed by atoms with van der Waals surface area (Å²) in [6.07, 6.45) is 72.2. The molecule has 0 saturated carbocycles. The van der Waals surface area contributed by atoms with Crippen LogP contribution in [0.25, 0.3) is 0 Å². The van der Waals surface area contributed by atoms with Crippen LogP contribution in [0.5, 0.6) is 0 Å². The van der Waals surface area contributed by atoms with Crippen molar-refractivity contribution < 1.29 is 24.5 Å². The van der Waals surface area contributed by atoms with Crippen molar-refractivity contribution in [1.29, 1.82) is 0 Å². The maximum atomic E-state index is 12.5. The van der Waals surface area contributed by atoms with Crippen LogP contribution in [0, 0.1) is 0 Å². The first-order chi connectivity index (χ1) is 34.5. The van der Waals surface area contributed by atoms with Gasteiger partial charge in [-0.2, -0.15) is 0 Å².